The van der Waals surface area contributed by atoms with E-state index in [-0.39, 0.29) is 23.9 Å². The summed E-state index contributed by atoms with van der Waals surface area (Å²) in [6, 6.07) is 20.9. The number of sulfonamides is 1. The molecule has 3 aromatic rings. The molecule has 8 heteroatoms. The van der Waals surface area contributed by atoms with Gasteiger partial charge >= 0.3 is 0 Å². The zero-order valence-electron chi connectivity index (χ0n) is 19.0. The molecule has 0 spiro atoms. The third-order valence-corrected chi connectivity index (χ3v) is 7.52. The highest BCUT2D eigenvalue weighted by molar-refractivity contribution is 7.89. The van der Waals surface area contributed by atoms with Gasteiger partial charge in [0.2, 0.25) is 21.8 Å². The third kappa shape index (κ3) is 5.70. The Labute approximate surface area is 199 Å². The van der Waals surface area contributed by atoms with E-state index in [1.54, 1.807) is 0 Å². The number of rotatable bonds is 8. The molecule has 0 bridgehead atoms. The lowest BCUT2D eigenvalue weighted by atomic mass is 10.1. The molecule has 2 amide bonds. The van der Waals surface area contributed by atoms with Gasteiger partial charge in [-0.25, -0.2) is 8.42 Å². The number of carbonyl (C=O) groups excluding carboxylic acids is 2. The Morgan fingerprint density at radius 3 is 2.24 bits per heavy atom. The summed E-state index contributed by atoms with van der Waals surface area (Å²) in [7, 11) is -3.98. The minimum absolute atomic E-state index is 0.0443. The Kier molecular flexibility index (Phi) is 7.09. The number of anilines is 2. The maximum absolute atomic E-state index is 13.5. The van der Waals surface area contributed by atoms with Crippen molar-refractivity contribution in [3.63, 3.8) is 0 Å². The summed E-state index contributed by atoms with van der Waals surface area (Å²) in [5.74, 6) is -0.656. The van der Waals surface area contributed by atoms with Crippen LogP contribution in [-0.4, -0.2) is 31.1 Å². The van der Waals surface area contributed by atoms with Gasteiger partial charge in [0.25, 0.3) is 0 Å². The molecule has 1 aliphatic carbocycles. The predicted octanol–water partition coefficient (Wildman–Crippen LogP) is 3.96. The van der Waals surface area contributed by atoms with Crippen LogP contribution in [0.3, 0.4) is 0 Å². The molecule has 3 aromatic carbocycles. The number of amides is 2. The van der Waals surface area contributed by atoms with Crippen molar-refractivity contribution in [1.29, 1.82) is 0 Å². The van der Waals surface area contributed by atoms with Crippen LogP contribution in [0.5, 0.6) is 0 Å². The maximum Gasteiger partial charge on any atom is 0.243 e. The number of carbonyl (C=O) groups is 2. The average Bonchev–Trinajstić information content (AvgIpc) is 3.27. The topological polar surface area (TPSA) is 95.6 Å². The summed E-state index contributed by atoms with van der Waals surface area (Å²) in [5.41, 5.74) is 4.46. The monoisotopic (exact) mass is 477 g/mol. The first-order valence-electron chi connectivity index (χ1n) is 11.1. The molecule has 2 N–H and O–H groups in total. The molecule has 0 unspecified atom stereocenters. The Hall–Kier alpha value is -3.49. The first-order chi connectivity index (χ1) is 16.3. The Balaban J connectivity index is 1.55. The molecule has 0 fully saturated rings. The number of nitrogens with one attached hydrogen (secondary N) is 2. The van der Waals surface area contributed by atoms with Crippen molar-refractivity contribution in [2.45, 2.75) is 37.6 Å². The number of aryl methyl sites for hydroxylation is 2. The van der Waals surface area contributed by atoms with Crippen LogP contribution in [0.2, 0.25) is 0 Å². The second kappa shape index (κ2) is 10.2. The number of benzene rings is 3. The van der Waals surface area contributed by atoms with Crippen molar-refractivity contribution in [2.24, 2.45) is 0 Å². The van der Waals surface area contributed by atoms with Crippen LogP contribution in [0.1, 0.15) is 30.0 Å². The van der Waals surface area contributed by atoms with Crippen LogP contribution in [0.25, 0.3) is 0 Å². The largest absolute Gasteiger partial charge is 0.326 e. The molecule has 0 heterocycles. The number of fused-ring (bicyclic) bond motifs is 1. The van der Waals surface area contributed by atoms with E-state index in [2.05, 4.69) is 10.6 Å². The quantitative estimate of drug-likeness (QED) is 0.513. The summed E-state index contributed by atoms with van der Waals surface area (Å²) in [6.07, 6.45) is 3.14. The highest BCUT2D eigenvalue weighted by Crippen LogP contribution is 2.25. The number of nitrogens with zero attached hydrogens (tertiary/aromatic N) is 1. The van der Waals surface area contributed by atoms with Gasteiger partial charge in [-0.05, 0) is 72.4 Å². The highest BCUT2D eigenvalue weighted by Gasteiger charge is 2.27. The van der Waals surface area contributed by atoms with Crippen LogP contribution in [-0.2, 0) is 39.0 Å². The van der Waals surface area contributed by atoms with E-state index in [4.69, 9.17) is 0 Å². The van der Waals surface area contributed by atoms with Crippen molar-refractivity contribution in [1.82, 2.24) is 4.31 Å². The first-order valence-corrected chi connectivity index (χ1v) is 12.6. The predicted molar refractivity (Wildman–Crippen MR) is 132 cm³/mol. The Bertz CT molecular complexity index is 1290. The standard InChI is InChI=1S/C26H27N3O4S/c1-19(30)27-23-12-14-25(15-13-23)34(32,33)29(17-20-6-3-2-4-7-20)18-26(31)28-24-11-10-21-8-5-9-22(21)16-24/h2-4,6-7,10-16H,5,8-9,17-18H2,1H3,(H,27,30)(H,28,31). The lowest BCUT2D eigenvalue weighted by Crippen LogP contribution is -2.37. The summed E-state index contributed by atoms with van der Waals surface area (Å²) in [6.45, 7) is 1.10. The van der Waals surface area contributed by atoms with E-state index < -0.39 is 15.9 Å². The Morgan fingerprint density at radius 1 is 0.853 bits per heavy atom. The van der Waals surface area contributed by atoms with Gasteiger partial charge in [-0.1, -0.05) is 36.4 Å². The van der Waals surface area contributed by atoms with E-state index in [1.807, 2.05) is 48.5 Å². The van der Waals surface area contributed by atoms with Crippen molar-refractivity contribution in [2.75, 3.05) is 17.2 Å². The third-order valence-electron chi connectivity index (χ3n) is 5.72. The molecule has 176 valence electrons. The molecule has 0 aromatic heterocycles. The van der Waals surface area contributed by atoms with Gasteiger partial charge in [-0.2, -0.15) is 4.31 Å². The first kappa shape index (κ1) is 23.7. The van der Waals surface area contributed by atoms with Crippen molar-refractivity contribution in [3.05, 3.63) is 89.5 Å². The SMILES string of the molecule is CC(=O)Nc1ccc(S(=O)(=O)N(CC(=O)Nc2ccc3c(c2)CCC3)Cc2ccccc2)cc1. The molecule has 0 aliphatic heterocycles. The van der Waals surface area contributed by atoms with E-state index in [9.17, 15) is 18.0 Å². The van der Waals surface area contributed by atoms with Crippen molar-refractivity contribution in [3.8, 4) is 0 Å². The normalized spacial score (nSPS) is 12.9. The second-order valence-corrected chi connectivity index (χ2v) is 10.3. The summed E-state index contributed by atoms with van der Waals surface area (Å²) < 4.78 is 28.1. The molecule has 7 nitrogen and oxygen atoms in total. The van der Waals surface area contributed by atoms with Gasteiger partial charge < -0.3 is 10.6 Å². The minimum atomic E-state index is -3.98. The Morgan fingerprint density at radius 2 is 1.53 bits per heavy atom. The summed E-state index contributed by atoms with van der Waals surface area (Å²) >= 11 is 0. The fraction of sp³-hybridized carbons (Fsp3) is 0.231. The van der Waals surface area contributed by atoms with Crippen LogP contribution < -0.4 is 10.6 Å². The van der Waals surface area contributed by atoms with Gasteiger partial charge in [0.1, 0.15) is 0 Å². The zero-order valence-corrected chi connectivity index (χ0v) is 19.8. The molecular formula is C26H27N3O4S. The zero-order chi connectivity index (χ0) is 24.1. The average molecular weight is 478 g/mol. The van der Waals surface area contributed by atoms with Crippen LogP contribution in [0.15, 0.2) is 77.7 Å². The molecule has 34 heavy (non-hydrogen) atoms. The highest BCUT2D eigenvalue weighted by atomic mass is 32.2. The van der Waals surface area contributed by atoms with Crippen LogP contribution in [0, 0.1) is 0 Å². The summed E-state index contributed by atoms with van der Waals surface area (Å²) in [4.78, 5) is 24.2. The lowest BCUT2D eigenvalue weighted by Gasteiger charge is -2.22. The van der Waals surface area contributed by atoms with Gasteiger partial charge in [-0.3, -0.25) is 9.59 Å². The number of hydrogen-bond acceptors (Lipinski definition) is 4. The maximum atomic E-state index is 13.5. The molecule has 0 saturated carbocycles. The smallest absolute Gasteiger partial charge is 0.243 e. The summed E-state index contributed by atoms with van der Waals surface area (Å²) in [5, 5.41) is 5.47. The van der Waals surface area contributed by atoms with Crippen LogP contribution in [0.4, 0.5) is 11.4 Å². The van der Waals surface area contributed by atoms with E-state index in [1.165, 1.54) is 46.6 Å². The molecular weight excluding hydrogens is 450 g/mol. The molecule has 0 atom stereocenters. The van der Waals surface area contributed by atoms with Crippen molar-refractivity contribution < 1.29 is 18.0 Å². The van der Waals surface area contributed by atoms with E-state index in [0.717, 1.165) is 24.8 Å². The fourth-order valence-electron chi connectivity index (χ4n) is 4.09. The molecule has 0 radical (unpaired) electrons. The van der Waals surface area contributed by atoms with Crippen LogP contribution >= 0.6 is 0 Å². The molecule has 0 saturated heterocycles. The number of hydrogen-bond donors (Lipinski definition) is 2. The van der Waals surface area contributed by atoms with Crippen molar-refractivity contribution >= 4 is 33.2 Å². The van der Waals surface area contributed by atoms with E-state index in [0.29, 0.717) is 11.4 Å². The fourth-order valence-corrected chi connectivity index (χ4v) is 5.47. The van der Waals surface area contributed by atoms with Gasteiger partial charge in [0, 0.05) is 24.8 Å². The molecule has 1 aliphatic rings. The second-order valence-electron chi connectivity index (χ2n) is 8.35. The van der Waals surface area contributed by atoms with E-state index >= 15 is 0 Å². The molecule has 4 rings (SSSR count). The van der Waals surface area contributed by atoms with Gasteiger partial charge in [0.05, 0.1) is 11.4 Å². The lowest BCUT2D eigenvalue weighted by molar-refractivity contribution is -0.116. The van der Waals surface area contributed by atoms with Gasteiger partial charge in [0.15, 0.2) is 0 Å². The minimum Gasteiger partial charge on any atom is -0.326 e. The van der Waals surface area contributed by atoms with Gasteiger partial charge in [-0.15, -0.1) is 0 Å².